The number of anilines is 2. The Morgan fingerprint density at radius 2 is 2.17 bits per heavy atom. The van der Waals surface area contributed by atoms with Gasteiger partial charge in [0.05, 0.1) is 18.5 Å². The number of nitrogens with one attached hydrogen (secondary N) is 1. The lowest BCUT2D eigenvalue weighted by molar-refractivity contribution is 0.0976. The summed E-state index contributed by atoms with van der Waals surface area (Å²) in [6.45, 7) is 3.41. The maximum Gasteiger partial charge on any atom is 0.277 e. The van der Waals surface area contributed by atoms with Crippen LogP contribution in [0.5, 0.6) is 0 Å². The van der Waals surface area contributed by atoms with E-state index in [4.69, 9.17) is 4.74 Å². The monoisotopic (exact) mass is 311 g/mol. The zero-order chi connectivity index (χ0) is 16.2. The zero-order valence-corrected chi connectivity index (χ0v) is 13.5. The second-order valence-corrected chi connectivity index (χ2v) is 5.71. The third-order valence-corrected chi connectivity index (χ3v) is 4.04. The summed E-state index contributed by atoms with van der Waals surface area (Å²) in [4.78, 5) is 19.0. The molecule has 1 aromatic heterocycles. The molecular weight excluding hydrogens is 290 g/mol. The molecule has 1 aromatic carbocycles. The maximum absolute atomic E-state index is 12.8. The van der Waals surface area contributed by atoms with E-state index >= 15 is 0 Å². The minimum Gasteiger partial charge on any atom is -0.383 e. The number of nitrogens with zero attached hydrogens (tertiary/aromatic N) is 2. The molecule has 0 fully saturated rings. The molecule has 0 aliphatic carbocycles. The highest BCUT2D eigenvalue weighted by Crippen LogP contribution is 2.32. The highest BCUT2D eigenvalue weighted by atomic mass is 16.5. The van der Waals surface area contributed by atoms with Crippen LogP contribution in [0.3, 0.4) is 0 Å². The van der Waals surface area contributed by atoms with Crippen LogP contribution in [0.15, 0.2) is 42.6 Å². The minimum atomic E-state index is -0.0501. The van der Waals surface area contributed by atoms with Crippen LogP contribution >= 0.6 is 0 Å². The Labute approximate surface area is 136 Å². The first kappa shape index (κ1) is 15.5. The van der Waals surface area contributed by atoms with Crippen LogP contribution in [-0.4, -0.2) is 37.2 Å². The standard InChI is InChI=1S/C18H21N3O2/c1-13-11-14-5-3-4-6-17(14)21(13)18(22)16-8-7-15(12-20-16)19-9-10-23-2/h3-8,12-13,19H,9-11H2,1-2H3. The third-order valence-electron chi connectivity index (χ3n) is 4.04. The van der Waals surface area contributed by atoms with E-state index in [0.29, 0.717) is 18.8 Å². The first-order valence-corrected chi connectivity index (χ1v) is 7.81. The molecule has 2 heterocycles. The number of para-hydroxylation sites is 1. The van der Waals surface area contributed by atoms with Crippen molar-refractivity contribution in [2.45, 2.75) is 19.4 Å². The van der Waals surface area contributed by atoms with Crippen molar-refractivity contribution in [2.24, 2.45) is 0 Å². The number of fused-ring (bicyclic) bond motifs is 1. The zero-order valence-electron chi connectivity index (χ0n) is 13.5. The first-order valence-electron chi connectivity index (χ1n) is 7.81. The molecule has 5 heteroatoms. The number of amides is 1. The minimum absolute atomic E-state index is 0.0501. The number of aromatic nitrogens is 1. The Balaban J connectivity index is 1.76. The van der Waals surface area contributed by atoms with Gasteiger partial charge in [0.1, 0.15) is 5.69 Å². The molecule has 1 amide bonds. The number of hydrogen-bond acceptors (Lipinski definition) is 4. The Morgan fingerprint density at radius 1 is 1.35 bits per heavy atom. The lowest BCUT2D eigenvalue weighted by atomic mass is 10.1. The summed E-state index contributed by atoms with van der Waals surface area (Å²) in [6, 6.07) is 11.9. The van der Waals surface area contributed by atoms with Crippen molar-refractivity contribution < 1.29 is 9.53 Å². The summed E-state index contributed by atoms with van der Waals surface area (Å²) in [7, 11) is 1.66. The number of benzene rings is 1. The largest absolute Gasteiger partial charge is 0.383 e. The van der Waals surface area contributed by atoms with E-state index in [0.717, 1.165) is 17.8 Å². The molecule has 0 spiro atoms. The highest BCUT2D eigenvalue weighted by molar-refractivity contribution is 6.06. The lowest BCUT2D eigenvalue weighted by Gasteiger charge is -2.22. The molecular formula is C18H21N3O2. The predicted molar refractivity (Wildman–Crippen MR) is 91.0 cm³/mol. The summed E-state index contributed by atoms with van der Waals surface area (Å²) in [5.74, 6) is -0.0501. The van der Waals surface area contributed by atoms with Crippen molar-refractivity contribution >= 4 is 17.3 Å². The Morgan fingerprint density at radius 3 is 2.91 bits per heavy atom. The number of pyridine rings is 1. The second kappa shape index (κ2) is 6.79. The van der Waals surface area contributed by atoms with Gasteiger partial charge in [-0.15, -0.1) is 0 Å². The van der Waals surface area contributed by atoms with Gasteiger partial charge in [0, 0.05) is 25.4 Å². The normalized spacial score (nSPS) is 16.3. The molecule has 1 N–H and O–H groups in total. The molecule has 0 bridgehead atoms. The molecule has 1 unspecified atom stereocenters. The van der Waals surface area contributed by atoms with Gasteiger partial charge in [0.2, 0.25) is 0 Å². The molecule has 3 rings (SSSR count). The van der Waals surface area contributed by atoms with Crippen molar-refractivity contribution in [3.05, 3.63) is 53.9 Å². The fourth-order valence-corrected chi connectivity index (χ4v) is 2.92. The van der Waals surface area contributed by atoms with Gasteiger partial charge in [-0.3, -0.25) is 4.79 Å². The summed E-state index contributed by atoms with van der Waals surface area (Å²) in [5.41, 5.74) is 3.56. The van der Waals surface area contributed by atoms with Crippen LogP contribution in [0, 0.1) is 0 Å². The Bertz CT molecular complexity index is 685. The highest BCUT2D eigenvalue weighted by Gasteiger charge is 2.31. The van der Waals surface area contributed by atoms with E-state index < -0.39 is 0 Å². The molecule has 0 saturated heterocycles. The molecule has 23 heavy (non-hydrogen) atoms. The van der Waals surface area contributed by atoms with Gasteiger partial charge < -0.3 is 15.0 Å². The van der Waals surface area contributed by atoms with Gasteiger partial charge >= 0.3 is 0 Å². The number of ether oxygens (including phenoxy) is 1. The van der Waals surface area contributed by atoms with E-state index in [9.17, 15) is 4.79 Å². The number of hydrogen-bond donors (Lipinski definition) is 1. The van der Waals surface area contributed by atoms with Crippen LogP contribution < -0.4 is 10.2 Å². The van der Waals surface area contributed by atoms with Crippen LogP contribution in [0.4, 0.5) is 11.4 Å². The molecule has 1 atom stereocenters. The van der Waals surface area contributed by atoms with Gasteiger partial charge in [-0.05, 0) is 37.1 Å². The fourth-order valence-electron chi connectivity index (χ4n) is 2.92. The molecule has 1 aliphatic heterocycles. The van der Waals surface area contributed by atoms with Gasteiger partial charge in [-0.1, -0.05) is 18.2 Å². The summed E-state index contributed by atoms with van der Waals surface area (Å²) in [6.07, 6.45) is 2.58. The van der Waals surface area contributed by atoms with Crippen LogP contribution in [0.1, 0.15) is 23.0 Å². The van der Waals surface area contributed by atoms with E-state index in [1.54, 1.807) is 19.4 Å². The molecule has 120 valence electrons. The summed E-state index contributed by atoms with van der Waals surface area (Å²) < 4.78 is 4.99. The summed E-state index contributed by atoms with van der Waals surface area (Å²) >= 11 is 0. The van der Waals surface area contributed by atoms with Crippen molar-refractivity contribution in [3.63, 3.8) is 0 Å². The average molecular weight is 311 g/mol. The first-order chi connectivity index (χ1) is 11.2. The van der Waals surface area contributed by atoms with E-state index in [-0.39, 0.29) is 11.9 Å². The van der Waals surface area contributed by atoms with Crippen LogP contribution in [-0.2, 0) is 11.2 Å². The molecule has 5 nitrogen and oxygen atoms in total. The molecule has 1 aliphatic rings. The number of carbonyl (C=O) groups is 1. The number of methoxy groups -OCH3 is 1. The van der Waals surface area contributed by atoms with Gasteiger partial charge in [0.15, 0.2) is 0 Å². The second-order valence-electron chi connectivity index (χ2n) is 5.71. The fraction of sp³-hybridized carbons (Fsp3) is 0.333. The summed E-state index contributed by atoms with van der Waals surface area (Å²) in [5, 5.41) is 3.19. The average Bonchev–Trinajstić information content (AvgIpc) is 2.91. The molecule has 0 radical (unpaired) electrons. The quantitative estimate of drug-likeness (QED) is 0.863. The lowest BCUT2D eigenvalue weighted by Crippen LogP contribution is -2.36. The van der Waals surface area contributed by atoms with Gasteiger partial charge in [-0.25, -0.2) is 4.98 Å². The predicted octanol–water partition coefficient (Wildman–Crippen LogP) is 2.73. The smallest absolute Gasteiger partial charge is 0.277 e. The van der Waals surface area contributed by atoms with Gasteiger partial charge in [0.25, 0.3) is 5.91 Å². The maximum atomic E-state index is 12.8. The molecule has 2 aromatic rings. The SMILES string of the molecule is COCCNc1ccc(C(=O)N2c3ccccc3CC2C)nc1. The van der Waals surface area contributed by atoms with Crippen LogP contribution in [0.25, 0.3) is 0 Å². The van der Waals surface area contributed by atoms with E-state index in [1.807, 2.05) is 29.2 Å². The third kappa shape index (κ3) is 3.19. The Hall–Kier alpha value is -2.40. The van der Waals surface area contributed by atoms with E-state index in [2.05, 4.69) is 23.3 Å². The topological polar surface area (TPSA) is 54.5 Å². The van der Waals surface area contributed by atoms with Crippen LogP contribution in [0.2, 0.25) is 0 Å². The van der Waals surface area contributed by atoms with Crippen molar-refractivity contribution in [1.82, 2.24) is 4.98 Å². The number of carbonyl (C=O) groups excluding carboxylic acids is 1. The van der Waals surface area contributed by atoms with Crippen molar-refractivity contribution in [1.29, 1.82) is 0 Å². The van der Waals surface area contributed by atoms with Crippen molar-refractivity contribution in [3.8, 4) is 0 Å². The van der Waals surface area contributed by atoms with Crippen molar-refractivity contribution in [2.75, 3.05) is 30.5 Å². The van der Waals surface area contributed by atoms with E-state index in [1.165, 1.54) is 5.56 Å². The number of rotatable bonds is 5. The van der Waals surface area contributed by atoms with Gasteiger partial charge in [-0.2, -0.15) is 0 Å². The molecule has 0 saturated carbocycles. The Kier molecular flexibility index (Phi) is 4.57.